The molecule has 0 radical (unpaired) electrons. The zero-order valence-corrected chi connectivity index (χ0v) is 20.8. The number of benzene rings is 1. The van der Waals surface area contributed by atoms with Crippen molar-refractivity contribution < 1.29 is 13.2 Å². The van der Waals surface area contributed by atoms with E-state index in [1.165, 1.54) is 5.56 Å². The summed E-state index contributed by atoms with van der Waals surface area (Å²) >= 11 is 0. The zero-order valence-electron chi connectivity index (χ0n) is 20.0. The van der Waals surface area contributed by atoms with Gasteiger partial charge in [-0.25, -0.2) is 23.4 Å². The topological polar surface area (TPSA) is 117 Å². The van der Waals surface area contributed by atoms with Crippen molar-refractivity contribution in [2.45, 2.75) is 26.2 Å². The Balaban J connectivity index is 1.33. The maximum absolute atomic E-state index is 12.8. The fourth-order valence-electron chi connectivity index (χ4n) is 4.40. The molecule has 1 fully saturated rings. The number of hydrogen-bond acceptors (Lipinski definition) is 8. The minimum Gasteiger partial charge on any atom is -0.369 e. The van der Waals surface area contributed by atoms with Crippen LogP contribution < -0.4 is 10.6 Å². The van der Waals surface area contributed by atoms with Gasteiger partial charge in [-0.05, 0) is 42.8 Å². The molecule has 35 heavy (non-hydrogen) atoms. The lowest BCUT2D eigenvalue weighted by Crippen LogP contribution is -2.43. The molecule has 10 heteroatoms. The Morgan fingerprint density at radius 1 is 1.11 bits per heavy atom. The van der Waals surface area contributed by atoms with Gasteiger partial charge in [-0.15, -0.1) is 0 Å². The van der Waals surface area contributed by atoms with E-state index in [0.29, 0.717) is 11.5 Å². The van der Waals surface area contributed by atoms with Crippen LogP contribution in [0.2, 0.25) is 0 Å². The van der Waals surface area contributed by atoms with Crippen LogP contribution in [0.4, 0.5) is 17.5 Å². The Morgan fingerprint density at radius 3 is 2.63 bits per heavy atom. The summed E-state index contributed by atoms with van der Waals surface area (Å²) in [7, 11) is -3.04. The van der Waals surface area contributed by atoms with Crippen molar-refractivity contribution in [3.8, 4) is 11.3 Å². The summed E-state index contributed by atoms with van der Waals surface area (Å²) in [6.07, 6.45) is 3.52. The molecule has 2 aliphatic heterocycles. The third-order valence-electron chi connectivity index (χ3n) is 6.62. The molecule has 1 saturated heterocycles. The molecule has 0 aliphatic carbocycles. The highest BCUT2D eigenvalue weighted by Crippen LogP contribution is 2.36. The highest BCUT2D eigenvalue weighted by molar-refractivity contribution is 7.91. The third-order valence-corrected chi connectivity index (χ3v) is 8.23. The van der Waals surface area contributed by atoms with Crippen LogP contribution >= 0.6 is 0 Å². The Morgan fingerprint density at radius 2 is 1.89 bits per heavy atom. The van der Waals surface area contributed by atoms with Gasteiger partial charge < -0.3 is 15.5 Å². The molecule has 3 aromatic rings. The Hall–Kier alpha value is -3.53. The van der Waals surface area contributed by atoms with Crippen molar-refractivity contribution in [1.29, 1.82) is 0 Å². The summed E-state index contributed by atoms with van der Waals surface area (Å²) in [5, 5.41) is 6.59. The minimum atomic E-state index is -3.04. The smallest absolute Gasteiger partial charge is 0.253 e. The number of aryl methyl sites for hydroxylation is 1. The van der Waals surface area contributed by atoms with Crippen molar-refractivity contribution in [3.63, 3.8) is 0 Å². The number of amides is 1. The Labute approximate surface area is 204 Å². The second-order valence-corrected chi connectivity index (χ2v) is 12.0. The van der Waals surface area contributed by atoms with Gasteiger partial charge in [0.2, 0.25) is 5.95 Å². The molecule has 0 atom stereocenters. The summed E-state index contributed by atoms with van der Waals surface area (Å²) in [5.41, 5.74) is 5.05. The number of hydrogen-bond donors (Lipinski definition) is 2. The highest BCUT2D eigenvalue weighted by atomic mass is 32.2. The maximum atomic E-state index is 12.8. The minimum absolute atomic E-state index is 0.00516. The van der Waals surface area contributed by atoms with E-state index in [2.05, 4.69) is 45.5 Å². The predicted octanol–water partition coefficient (Wildman–Crippen LogP) is 3.16. The first-order valence-corrected chi connectivity index (χ1v) is 13.4. The zero-order chi connectivity index (χ0) is 24.8. The van der Waals surface area contributed by atoms with E-state index in [1.807, 2.05) is 25.3 Å². The van der Waals surface area contributed by atoms with Gasteiger partial charge in [0.25, 0.3) is 5.91 Å². The lowest BCUT2D eigenvalue weighted by Gasteiger charge is -2.27. The van der Waals surface area contributed by atoms with Crippen molar-refractivity contribution >= 4 is 33.2 Å². The largest absolute Gasteiger partial charge is 0.369 e. The average molecular weight is 493 g/mol. The molecular weight excluding hydrogens is 464 g/mol. The van der Waals surface area contributed by atoms with E-state index >= 15 is 0 Å². The van der Waals surface area contributed by atoms with Gasteiger partial charge in [0.1, 0.15) is 5.82 Å². The number of rotatable bonds is 4. The van der Waals surface area contributed by atoms with Crippen LogP contribution in [0.1, 0.15) is 35.3 Å². The molecule has 4 heterocycles. The fourth-order valence-corrected chi connectivity index (χ4v) is 5.60. The molecular formula is C25H28N6O3S. The van der Waals surface area contributed by atoms with Gasteiger partial charge in [0, 0.05) is 59.8 Å². The van der Waals surface area contributed by atoms with Crippen molar-refractivity contribution in [2.75, 3.05) is 41.8 Å². The number of carbonyl (C=O) groups is 1. The van der Waals surface area contributed by atoms with Gasteiger partial charge in [-0.1, -0.05) is 13.8 Å². The SMILES string of the molecule is Cc1cc(C(=O)N2CCS(=O)(=O)CC2)ccc1Nc1nccc(-c2cnc3c(c2)C(C)(C)CN3)n1. The van der Waals surface area contributed by atoms with E-state index in [9.17, 15) is 13.2 Å². The first-order chi connectivity index (χ1) is 16.6. The number of nitrogens with zero attached hydrogens (tertiary/aromatic N) is 4. The van der Waals surface area contributed by atoms with E-state index in [1.54, 1.807) is 23.2 Å². The normalized spacial score (nSPS) is 18.0. The number of pyridine rings is 1. The van der Waals surface area contributed by atoms with Crippen molar-refractivity contribution in [2.24, 2.45) is 0 Å². The first kappa shape index (κ1) is 23.2. The van der Waals surface area contributed by atoms with E-state index in [-0.39, 0.29) is 35.9 Å². The Kier molecular flexibility index (Phi) is 5.71. The summed E-state index contributed by atoms with van der Waals surface area (Å²) in [6, 6.07) is 9.36. The lowest BCUT2D eigenvalue weighted by molar-refractivity contribution is 0.0770. The number of nitrogens with one attached hydrogen (secondary N) is 2. The van der Waals surface area contributed by atoms with Crippen LogP contribution in [0.25, 0.3) is 11.3 Å². The number of carbonyl (C=O) groups excluding carboxylic acids is 1. The quantitative estimate of drug-likeness (QED) is 0.570. The van der Waals surface area contributed by atoms with Gasteiger partial charge in [-0.3, -0.25) is 4.79 Å². The summed E-state index contributed by atoms with van der Waals surface area (Å²) in [5.74, 6) is 1.23. The van der Waals surface area contributed by atoms with Crippen LogP contribution in [0.15, 0.2) is 42.7 Å². The maximum Gasteiger partial charge on any atom is 0.253 e. The van der Waals surface area contributed by atoms with Gasteiger partial charge in [0.15, 0.2) is 9.84 Å². The molecule has 9 nitrogen and oxygen atoms in total. The molecule has 0 saturated carbocycles. The van der Waals surface area contributed by atoms with Gasteiger partial charge >= 0.3 is 0 Å². The van der Waals surface area contributed by atoms with Crippen LogP contribution in [-0.2, 0) is 15.3 Å². The van der Waals surface area contributed by atoms with E-state index < -0.39 is 9.84 Å². The van der Waals surface area contributed by atoms with Gasteiger partial charge in [0.05, 0.1) is 17.2 Å². The van der Waals surface area contributed by atoms with Crippen LogP contribution in [-0.4, -0.2) is 65.3 Å². The molecule has 182 valence electrons. The first-order valence-electron chi connectivity index (χ1n) is 11.6. The highest BCUT2D eigenvalue weighted by Gasteiger charge is 2.31. The molecule has 2 N–H and O–H groups in total. The average Bonchev–Trinajstić information content (AvgIpc) is 3.14. The summed E-state index contributed by atoms with van der Waals surface area (Å²) in [6.45, 7) is 7.59. The van der Waals surface area contributed by atoms with E-state index in [4.69, 9.17) is 0 Å². The third kappa shape index (κ3) is 4.70. The number of anilines is 3. The second kappa shape index (κ2) is 8.60. The monoisotopic (exact) mass is 492 g/mol. The molecule has 1 aromatic carbocycles. The molecule has 0 spiro atoms. The molecule has 2 aliphatic rings. The van der Waals surface area contributed by atoms with Crippen LogP contribution in [0.3, 0.4) is 0 Å². The number of sulfone groups is 1. The Bertz CT molecular complexity index is 1410. The van der Waals surface area contributed by atoms with E-state index in [0.717, 1.165) is 34.9 Å². The molecule has 0 bridgehead atoms. The van der Waals surface area contributed by atoms with Crippen molar-refractivity contribution in [1.82, 2.24) is 19.9 Å². The number of fused-ring (bicyclic) bond motifs is 1. The second-order valence-electron chi connectivity index (χ2n) is 9.72. The predicted molar refractivity (Wildman–Crippen MR) is 136 cm³/mol. The molecule has 1 amide bonds. The van der Waals surface area contributed by atoms with Gasteiger partial charge in [-0.2, -0.15) is 0 Å². The van der Waals surface area contributed by atoms with Crippen molar-refractivity contribution in [3.05, 3.63) is 59.4 Å². The summed E-state index contributed by atoms with van der Waals surface area (Å²) < 4.78 is 23.3. The molecule has 5 rings (SSSR count). The fraction of sp³-hybridized carbons (Fsp3) is 0.360. The standard InChI is InChI=1S/C25H28N6O3S/c1-16-12-17(23(32)31-8-10-35(33,34)11-9-31)4-5-20(16)29-24-26-7-6-21(30-24)18-13-19-22(27-14-18)28-15-25(19,2)3/h4-7,12-14H,8-11,15H2,1-3H3,(H,27,28)(H,26,29,30). The lowest BCUT2D eigenvalue weighted by atomic mass is 9.87. The van der Waals surface area contributed by atoms with Crippen LogP contribution in [0.5, 0.6) is 0 Å². The number of aromatic nitrogens is 3. The molecule has 0 unspecified atom stereocenters. The molecule has 2 aromatic heterocycles. The summed E-state index contributed by atoms with van der Waals surface area (Å²) in [4.78, 5) is 28.0. The van der Waals surface area contributed by atoms with Crippen LogP contribution in [0, 0.1) is 6.92 Å².